The van der Waals surface area contributed by atoms with E-state index < -0.39 is 23.6 Å². The van der Waals surface area contributed by atoms with Gasteiger partial charge in [0.15, 0.2) is 0 Å². The molecule has 0 unspecified atom stereocenters. The highest BCUT2D eigenvalue weighted by Crippen LogP contribution is 2.22. The molecule has 0 aliphatic rings. The van der Waals surface area contributed by atoms with Gasteiger partial charge < -0.3 is 15.6 Å². The van der Waals surface area contributed by atoms with E-state index in [1.807, 2.05) is 0 Å². The molecular formula is C13H25ClN2O4. The summed E-state index contributed by atoms with van der Waals surface area (Å²) in [5.41, 5.74) is 4.75. The van der Waals surface area contributed by atoms with Gasteiger partial charge in [-0.3, -0.25) is 4.90 Å². The zero-order chi connectivity index (χ0) is 15.8. The predicted molar refractivity (Wildman–Crippen MR) is 78.0 cm³/mol. The first kappa shape index (κ1) is 19.0. The van der Waals surface area contributed by atoms with Crippen molar-refractivity contribution >= 4 is 23.7 Å². The molecule has 0 saturated heterocycles. The lowest BCUT2D eigenvalue weighted by Gasteiger charge is -2.38. The number of carboxylic acid groups (broad SMARTS) is 1. The van der Waals surface area contributed by atoms with Crippen molar-refractivity contribution in [3.05, 3.63) is 0 Å². The Morgan fingerprint density at radius 1 is 1.35 bits per heavy atom. The van der Waals surface area contributed by atoms with Crippen LogP contribution in [0.25, 0.3) is 0 Å². The largest absolute Gasteiger partial charge is 0.480 e. The lowest BCUT2D eigenvalue weighted by atomic mass is 10.00. The fourth-order valence-electron chi connectivity index (χ4n) is 1.91. The number of nitrogens with two attached hydrogens (primary N) is 1. The van der Waals surface area contributed by atoms with Crippen LogP contribution in [0.1, 0.15) is 40.0 Å². The van der Waals surface area contributed by atoms with Crippen LogP contribution >= 0.6 is 11.6 Å². The smallest absolute Gasteiger partial charge is 0.410 e. The van der Waals surface area contributed by atoms with E-state index in [0.717, 1.165) is 6.42 Å². The van der Waals surface area contributed by atoms with Crippen LogP contribution in [0.2, 0.25) is 0 Å². The predicted octanol–water partition coefficient (Wildman–Crippen LogP) is 2.04. The summed E-state index contributed by atoms with van der Waals surface area (Å²) in [4.78, 5) is 24.8. The first-order chi connectivity index (χ1) is 9.25. The average molecular weight is 309 g/mol. The summed E-state index contributed by atoms with van der Waals surface area (Å²) in [5, 5.41) is 9.37. The molecule has 0 aromatic rings. The first-order valence-electron chi connectivity index (χ1n) is 6.70. The third-order valence-corrected chi connectivity index (χ3v) is 2.90. The van der Waals surface area contributed by atoms with Crippen molar-refractivity contribution in [1.29, 1.82) is 0 Å². The summed E-state index contributed by atoms with van der Waals surface area (Å²) in [6.45, 7) is 5.87. The van der Waals surface area contributed by atoms with Crippen LogP contribution < -0.4 is 5.73 Å². The van der Waals surface area contributed by atoms with E-state index in [4.69, 9.17) is 22.1 Å². The molecule has 6 nitrogen and oxygen atoms in total. The standard InChI is InChI=1S/C13H25ClN2O4/c1-13(2,3)16(12(19)20-9-7-14)10(11(17)18)6-4-5-8-15/h10H,4-9,15H2,1-3H3,(H,17,18)/t10-/m0/s1. The maximum absolute atomic E-state index is 12.1. The summed E-state index contributed by atoms with van der Waals surface area (Å²) in [6.07, 6.45) is 1.06. The zero-order valence-electron chi connectivity index (χ0n) is 12.4. The molecule has 0 saturated carbocycles. The molecule has 0 bridgehead atoms. The molecule has 0 radical (unpaired) electrons. The van der Waals surface area contributed by atoms with Crippen LogP contribution in [0, 0.1) is 0 Å². The number of aliphatic carboxylic acids is 1. The van der Waals surface area contributed by atoms with Gasteiger partial charge in [-0.2, -0.15) is 0 Å². The number of carboxylic acids is 1. The number of unbranched alkanes of at least 4 members (excludes halogenated alkanes) is 1. The lowest BCUT2D eigenvalue weighted by molar-refractivity contribution is -0.145. The molecule has 1 atom stereocenters. The van der Waals surface area contributed by atoms with Crippen LogP contribution in [0.4, 0.5) is 4.79 Å². The van der Waals surface area contributed by atoms with E-state index in [2.05, 4.69) is 0 Å². The molecule has 0 rings (SSSR count). The third kappa shape index (κ3) is 6.43. The minimum atomic E-state index is -1.04. The molecule has 7 heteroatoms. The van der Waals surface area contributed by atoms with Gasteiger partial charge >= 0.3 is 12.1 Å². The van der Waals surface area contributed by atoms with Crippen molar-refractivity contribution in [2.24, 2.45) is 5.73 Å². The zero-order valence-corrected chi connectivity index (χ0v) is 13.2. The Morgan fingerprint density at radius 2 is 1.95 bits per heavy atom. The van der Waals surface area contributed by atoms with Gasteiger partial charge in [0.1, 0.15) is 12.6 Å². The summed E-state index contributed by atoms with van der Waals surface area (Å²) in [7, 11) is 0. The molecule has 0 fully saturated rings. The van der Waals surface area contributed by atoms with Gasteiger partial charge in [-0.25, -0.2) is 9.59 Å². The molecule has 3 N–H and O–H groups in total. The Hall–Kier alpha value is -1.01. The molecule has 0 aromatic carbocycles. The average Bonchev–Trinajstić information content (AvgIpc) is 2.33. The highest BCUT2D eigenvalue weighted by Gasteiger charge is 2.38. The van der Waals surface area contributed by atoms with E-state index in [0.29, 0.717) is 19.4 Å². The maximum Gasteiger partial charge on any atom is 0.410 e. The number of amides is 1. The van der Waals surface area contributed by atoms with Gasteiger partial charge in [0.2, 0.25) is 0 Å². The van der Waals surface area contributed by atoms with Gasteiger partial charge in [0.25, 0.3) is 0 Å². The third-order valence-electron chi connectivity index (χ3n) is 2.75. The summed E-state index contributed by atoms with van der Waals surface area (Å²) in [6, 6.07) is -0.927. The Morgan fingerprint density at radius 3 is 2.35 bits per heavy atom. The fourth-order valence-corrected chi connectivity index (χ4v) is 1.99. The van der Waals surface area contributed by atoms with Crippen LogP contribution in [-0.2, 0) is 9.53 Å². The van der Waals surface area contributed by atoms with Crippen molar-refractivity contribution in [1.82, 2.24) is 4.90 Å². The van der Waals surface area contributed by atoms with Gasteiger partial charge in [0.05, 0.1) is 5.88 Å². The number of hydrogen-bond acceptors (Lipinski definition) is 4. The highest BCUT2D eigenvalue weighted by atomic mass is 35.5. The molecule has 20 heavy (non-hydrogen) atoms. The van der Waals surface area contributed by atoms with Crippen molar-refractivity contribution in [2.75, 3.05) is 19.0 Å². The van der Waals surface area contributed by atoms with Gasteiger partial charge in [0, 0.05) is 5.54 Å². The molecule has 0 aliphatic heterocycles. The van der Waals surface area contributed by atoms with Crippen LogP contribution in [0.15, 0.2) is 0 Å². The number of carbonyl (C=O) groups is 2. The first-order valence-corrected chi connectivity index (χ1v) is 7.24. The number of halogens is 1. The van der Waals surface area contributed by atoms with E-state index in [1.165, 1.54) is 4.90 Å². The number of nitrogens with zero attached hydrogens (tertiary/aromatic N) is 1. The normalized spacial score (nSPS) is 12.8. The maximum atomic E-state index is 12.1. The second-order valence-electron chi connectivity index (χ2n) is 5.48. The van der Waals surface area contributed by atoms with Gasteiger partial charge in [-0.15, -0.1) is 11.6 Å². The van der Waals surface area contributed by atoms with E-state index in [9.17, 15) is 14.7 Å². The SMILES string of the molecule is CC(C)(C)N(C(=O)OCCCl)[C@@H](CCCCN)C(=O)O. The minimum absolute atomic E-state index is 0.0576. The number of carbonyl (C=O) groups excluding carboxylic acids is 1. The topological polar surface area (TPSA) is 92.9 Å². The second-order valence-corrected chi connectivity index (χ2v) is 5.86. The Balaban J connectivity index is 5.03. The van der Waals surface area contributed by atoms with Gasteiger partial charge in [-0.05, 0) is 46.6 Å². The van der Waals surface area contributed by atoms with Crippen molar-refractivity contribution < 1.29 is 19.4 Å². The summed E-state index contributed by atoms with van der Waals surface area (Å²) < 4.78 is 4.98. The minimum Gasteiger partial charge on any atom is -0.480 e. The van der Waals surface area contributed by atoms with Crippen LogP contribution in [0.5, 0.6) is 0 Å². The fraction of sp³-hybridized carbons (Fsp3) is 0.846. The number of rotatable bonds is 8. The Labute approximate surface area is 125 Å². The van der Waals surface area contributed by atoms with Crippen molar-refractivity contribution in [3.63, 3.8) is 0 Å². The monoisotopic (exact) mass is 308 g/mol. The van der Waals surface area contributed by atoms with E-state index in [1.54, 1.807) is 20.8 Å². The molecule has 0 aromatic heterocycles. The second kappa shape index (κ2) is 9.02. The Kier molecular flexibility index (Phi) is 8.57. The quantitative estimate of drug-likeness (QED) is 0.529. The lowest BCUT2D eigenvalue weighted by Crippen LogP contribution is -2.55. The highest BCUT2D eigenvalue weighted by molar-refractivity contribution is 6.18. The number of hydrogen-bond donors (Lipinski definition) is 2. The van der Waals surface area contributed by atoms with E-state index in [-0.39, 0.29) is 12.5 Å². The summed E-state index contributed by atoms with van der Waals surface area (Å²) in [5.74, 6) is -0.867. The summed E-state index contributed by atoms with van der Waals surface area (Å²) >= 11 is 5.48. The molecule has 1 amide bonds. The van der Waals surface area contributed by atoms with Crippen LogP contribution in [-0.4, -0.2) is 52.7 Å². The number of ether oxygens (including phenoxy) is 1. The van der Waals surface area contributed by atoms with Crippen molar-refractivity contribution in [3.8, 4) is 0 Å². The number of alkyl halides is 1. The Bertz CT molecular complexity index is 318. The molecule has 0 spiro atoms. The molecule has 118 valence electrons. The van der Waals surface area contributed by atoms with Gasteiger partial charge in [-0.1, -0.05) is 0 Å². The molecule has 0 aliphatic carbocycles. The molecule has 0 heterocycles. The van der Waals surface area contributed by atoms with E-state index >= 15 is 0 Å². The van der Waals surface area contributed by atoms with Crippen molar-refractivity contribution in [2.45, 2.75) is 51.6 Å². The van der Waals surface area contributed by atoms with Crippen LogP contribution in [0.3, 0.4) is 0 Å². The molecular weight excluding hydrogens is 284 g/mol.